The molecule has 1 heterocycles. The van der Waals surface area contributed by atoms with Gasteiger partial charge >= 0.3 is 6.03 Å². The van der Waals surface area contributed by atoms with Crippen LogP contribution in [0.2, 0.25) is 0 Å². The molecule has 1 aliphatic heterocycles. The highest BCUT2D eigenvalue weighted by molar-refractivity contribution is 7.88. The van der Waals surface area contributed by atoms with Crippen molar-refractivity contribution in [2.75, 3.05) is 39.0 Å². The summed E-state index contributed by atoms with van der Waals surface area (Å²) in [7, 11) is -3.20. The monoisotopic (exact) mass is 321 g/mol. The molecule has 0 radical (unpaired) electrons. The van der Waals surface area contributed by atoms with Crippen LogP contribution in [0, 0.1) is 0 Å². The van der Waals surface area contributed by atoms with Crippen molar-refractivity contribution in [1.82, 2.24) is 14.5 Å². The van der Waals surface area contributed by atoms with Gasteiger partial charge in [-0.05, 0) is 27.2 Å². The van der Waals surface area contributed by atoms with Crippen molar-refractivity contribution in [2.45, 2.75) is 39.3 Å². The first-order valence-corrected chi connectivity index (χ1v) is 9.18. The van der Waals surface area contributed by atoms with E-state index >= 15 is 0 Å². The summed E-state index contributed by atoms with van der Waals surface area (Å²) in [5.41, 5.74) is 0. The number of sulfonamides is 1. The van der Waals surface area contributed by atoms with E-state index in [0.29, 0.717) is 39.2 Å². The van der Waals surface area contributed by atoms with Gasteiger partial charge in [0.2, 0.25) is 10.0 Å². The molecule has 0 aromatic rings. The minimum Gasteiger partial charge on any atom is -0.375 e. The van der Waals surface area contributed by atoms with E-state index < -0.39 is 10.0 Å². The van der Waals surface area contributed by atoms with Crippen molar-refractivity contribution < 1.29 is 17.9 Å². The van der Waals surface area contributed by atoms with Gasteiger partial charge < -0.3 is 15.0 Å². The fraction of sp³-hybridized carbons (Fsp3) is 0.923. The summed E-state index contributed by atoms with van der Waals surface area (Å²) in [4.78, 5) is 13.7. The summed E-state index contributed by atoms with van der Waals surface area (Å²) in [6, 6.07) is -0.184. The number of ether oxygens (including phenoxy) is 1. The molecule has 7 nitrogen and oxygen atoms in total. The fourth-order valence-electron chi connectivity index (χ4n) is 2.35. The Morgan fingerprint density at radius 2 is 2.14 bits per heavy atom. The maximum Gasteiger partial charge on any atom is 0.317 e. The third-order valence-corrected chi connectivity index (χ3v) is 4.82. The topological polar surface area (TPSA) is 79.0 Å². The van der Waals surface area contributed by atoms with Crippen LogP contribution in [0.1, 0.15) is 27.2 Å². The molecular formula is C13H27N3O4S. The second kappa shape index (κ2) is 7.95. The van der Waals surface area contributed by atoms with E-state index in [9.17, 15) is 13.2 Å². The molecule has 2 amide bonds. The molecule has 1 N–H and O–H groups in total. The van der Waals surface area contributed by atoms with Crippen LogP contribution in [0.5, 0.6) is 0 Å². The Kier molecular flexibility index (Phi) is 6.89. The lowest BCUT2D eigenvalue weighted by Crippen LogP contribution is -2.49. The molecule has 0 aromatic heterocycles. The number of hydrogen-bond donors (Lipinski definition) is 1. The van der Waals surface area contributed by atoms with Gasteiger partial charge in [0, 0.05) is 32.2 Å². The van der Waals surface area contributed by atoms with Crippen molar-refractivity contribution in [2.24, 2.45) is 0 Å². The molecule has 0 spiro atoms. The fourth-order valence-corrected chi connectivity index (χ4v) is 3.58. The van der Waals surface area contributed by atoms with Crippen LogP contribution in [0.25, 0.3) is 0 Å². The third kappa shape index (κ3) is 6.19. The largest absolute Gasteiger partial charge is 0.375 e. The molecule has 1 atom stereocenters. The molecule has 1 rings (SSSR count). The zero-order valence-electron chi connectivity index (χ0n) is 13.3. The highest BCUT2D eigenvalue weighted by Crippen LogP contribution is 2.06. The molecule has 0 bridgehead atoms. The normalized spacial score (nSPS) is 20.1. The van der Waals surface area contributed by atoms with Gasteiger partial charge in [0.25, 0.3) is 0 Å². The Labute approximate surface area is 127 Å². The smallest absolute Gasteiger partial charge is 0.317 e. The zero-order chi connectivity index (χ0) is 16.0. The predicted molar refractivity (Wildman–Crippen MR) is 81.7 cm³/mol. The van der Waals surface area contributed by atoms with Crippen molar-refractivity contribution in [3.05, 3.63) is 0 Å². The van der Waals surface area contributed by atoms with Crippen molar-refractivity contribution in [3.8, 4) is 0 Å². The van der Waals surface area contributed by atoms with Gasteiger partial charge in [-0.25, -0.2) is 13.2 Å². The molecule has 0 aliphatic carbocycles. The van der Waals surface area contributed by atoms with Gasteiger partial charge in [0.15, 0.2) is 0 Å². The minimum atomic E-state index is -3.20. The molecule has 8 heteroatoms. The summed E-state index contributed by atoms with van der Waals surface area (Å²) < 4.78 is 30.0. The summed E-state index contributed by atoms with van der Waals surface area (Å²) in [6.45, 7) is 8.24. The zero-order valence-corrected chi connectivity index (χ0v) is 14.1. The number of urea groups is 1. The van der Waals surface area contributed by atoms with Gasteiger partial charge in [-0.1, -0.05) is 0 Å². The molecule has 0 unspecified atom stereocenters. The van der Waals surface area contributed by atoms with Gasteiger partial charge in [-0.2, -0.15) is 4.31 Å². The predicted octanol–water partition coefficient (Wildman–Crippen LogP) is 0.477. The van der Waals surface area contributed by atoms with Gasteiger partial charge in [-0.3, -0.25) is 0 Å². The maximum absolute atomic E-state index is 11.9. The minimum absolute atomic E-state index is 0.0613. The van der Waals surface area contributed by atoms with Gasteiger partial charge in [0.05, 0.1) is 19.0 Å². The Balaban J connectivity index is 2.31. The second-order valence-corrected chi connectivity index (χ2v) is 7.62. The van der Waals surface area contributed by atoms with E-state index in [-0.39, 0.29) is 18.2 Å². The van der Waals surface area contributed by atoms with Crippen molar-refractivity contribution >= 4 is 16.1 Å². The number of carbonyl (C=O) groups is 1. The highest BCUT2D eigenvalue weighted by Gasteiger charge is 2.22. The van der Waals surface area contributed by atoms with E-state index in [4.69, 9.17) is 4.74 Å². The lowest BCUT2D eigenvalue weighted by atomic mass is 10.3. The molecule has 1 saturated heterocycles. The standard InChI is InChI=1S/C13H27N3O4S/c1-11(2)16(21(4,18)19)7-5-6-14-13(17)15-8-9-20-12(3)10-15/h11-12H,5-10H2,1-4H3,(H,14,17)/t12-/m0/s1. The van der Waals surface area contributed by atoms with Crippen LogP contribution < -0.4 is 5.32 Å². The number of nitrogens with zero attached hydrogens (tertiary/aromatic N) is 2. The summed E-state index contributed by atoms with van der Waals surface area (Å²) in [5.74, 6) is 0. The number of morpholine rings is 1. The van der Waals surface area contributed by atoms with Crippen LogP contribution in [0.15, 0.2) is 0 Å². The number of carbonyl (C=O) groups excluding carboxylic acids is 1. The van der Waals surface area contributed by atoms with Gasteiger partial charge in [0.1, 0.15) is 0 Å². The number of hydrogen-bond acceptors (Lipinski definition) is 4. The summed E-state index contributed by atoms with van der Waals surface area (Å²) >= 11 is 0. The first kappa shape index (κ1) is 18.2. The molecule has 1 aliphatic rings. The SMILES string of the molecule is CC(C)N(CCCNC(=O)N1CCO[C@@H](C)C1)S(C)(=O)=O. The molecule has 124 valence electrons. The van der Waals surface area contributed by atoms with Crippen LogP contribution in [0.3, 0.4) is 0 Å². The van der Waals surface area contributed by atoms with E-state index in [1.165, 1.54) is 10.6 Å². The van der Waals surface area contributed by atoms with E-state index in [0.717, 1.165) is 0 Å². The first-order valence-electron chi connectivity index (χ1n) is 7.33. The van der Waals surface area contributed by atoms with Crippen LogP contribution in [-0.4, -0.2) is 74.8 Å². The lowest BCUT2D eigenvalue weighted by Gasteiger charge is -2.31. The van der Waals surface area contributed by atoms with Crippen LogP contribution >= 0.6 is 0 Å². The molecule has 1 fully saturated rings. The maximum atomic E-state index is 11.9. The molecule has 0 aromatic carbocycles. The van der Waals surface area contributed by atoms with Crippen molar-refractivity contribution in [1.29, 1.82) is 0 Å². The average molecular weight is 321 g/mol. The van der Waals surface area contributed by atoms with E-state index in [1.54, 1.807) is 4.90 Å². The number of nitrogens with one attached hydrogen (secondary N) is 1. The van der Waals surface area contributed by atoms with Crippen LogP contribution in [0.4, 0.5) is 4.79 Å². The Bertz CT molecular complexity index is 439. The van der Waals surface area contributed by atoms with Crippen molar-refractivity contribution in [3.63, 3.8) is 0 Å². The summed E-state index contributed by atoms with van der Waals surface area (Å²) in [6.07, 6.45) is 1.86. The highest BCUT2D eigenvalue weighted by atomic mass is 32.2. The first-order chi connectivity index (χ1) is 9.71. The summed E-state index contributed by atoms with van der Waals surface area (Å²) in [5, 5.41) is 2.83. The quantitative estimate of drug-likeness (QED) is 0.722. The second-order valence-electron chi connectivity index (χ2n) is 5.68. The molecular weight excluding hydrogens is 294 g/mol. The van der Waals surface area contributed by atoms with Crippen LogP contribution in [-0.2, 0) is 14.8 Å². The number of rotatable bonds is 6. The molecule has 0 saturated carbocycles. The lowest BCUT2D eigenvalue weighted by molar-refractivity contribution is -0.00345. The Morgan fingerprint density at radius 1 is 1.48 bits per heavy atom. The van der Waals surface area contributed by atoms with Gasteiger partial charge in [-0.15, -0.1) is 0 Å². The average Bonchev–Trinajstić information content (AvgIpc) is 2.36. The Hall–Kier alpha value is -0.860. The third-order valence-electron chi connectivity index (χ3n) is 3.36. The Morgan fingerprint density at radius 3 is 2.67 bits per heavy atom. The number of amides is 2. The molecule has 21 heavy (non-hydrogen) atoms. The van der Waals surface area contributed by atoms with E-state index in [2.05, 4.69) is 5.32 Å². The van der Waals surface area contributed by atoms with E-state index in [1.807, 2.05) is 20.8 Å².